The van der Waals surface area contributed by atoms with Gasteiger partial charge >= 0.3 is 0 Å². The second-order valence-electron chi connectivity index (χ2n) is 5.90. The van der Waals surface area contributed by atoms with E-state index in [-0.39, 0.29) is 18.3 Å². The summed E-state index contributed by atoms with van der Waals surface area (Å²) in [6.07, 6.45) is 0.931. The Morgan fingerprint density at radius 2 is 2.04 bits per heavy atom. The number of amides is 1. The zero-order valence-electron chi connectivity index (χ0n) is 14.9. The molecule has 2 N–H and O–H groups in total. The summed E-state index contributed by atoms with van der Waals surface area (Å²) in [5, 5.41) is 8.35. The van der Waals surface area contributed by atoms with Crippen LogP contribution in [-0.4, -0.2) is 24.3 Å². The van der Waals surface area contributed by atoms with E-state index < -0.39 is 0 Å². The maximum atomic E-state index is 12.1. The highest BCUT2D eigenvalue weighted by Crippen LogP contribution is 2.12. The van der Waals surface area contributed by atoms with Crippen molar-refractivity contribution in [3.05, 3.63) is 57.8 Å². The van der Waals surface area contributed by atoms with Crippen molar-refractivity contribution in [2.24, 2.45) is 4.99 Å². The van der Waals surface area contributed by atoms with Gasteiger partial charge in [0.25, 0.3) is 5.91 Å². The van der Waals surface area contributed by atoms with Crippen LogP contribution in [0.5, 0.6) is 0 Å². The number of carbonyl (C=O) groups is 1. The van der Waals surface area contributed by atoms with Gasteiger partial charge in [0.2, 0.25) is 0 Å². The number of amidine groups is 1. The van der Waals surface area contributed by atoms with Crippen molar-refractivity contribution in [1.29, 1.82) is 0 Å². The monoisotopic (exact) mass is 379 g/mol. The molecule has 136 valence electrons. The van der Waals surface area contributed by atoms with Crippen molar-refractivity contribution >= 4 is 35.5 Å². The third kappa shape index (κ3) is 6.88. The molecule has 0 aliphatic heterocycles. The molecule has 1 amide bonds. The first kappa shape index (κ1) is 21.2. The van der Waals surface area contributed by atoms with E-state index >= 15 is 0 Å². The van der Waals surface area contributed by atoms with E-state index in [1.807, 2.05) is 42.6 Å². The molecule has 2 rings (SSSR count). The molecule has 0 spiro atoms. The van der Waals surface area contributed by atoms with Crippen LogP contribution in [0.25, 0.3) is 0 Å². The van der Waals surface area contributed by atoms with Gasteiger partial charge in [0, 0.05) is 18.2 Å². The first-order valence-electron chi connectivity index (χ1n) is 8.32. The number of nitrogens with one attached hydrogen (secondary N) is 2. The fourth-order valence-electron chi connectivity index (χ4n) is 2.20. The number of halogens is 1. The zero-order valence-corrected chi connectivity index (χ0v) is 16.5. The van der Waals surface area contributed by atoms with Crippen LogP contribution >= 0.6 is 23.7 Å². The van der Waals surface area contributed by atoms with Crippen LogP contribution in [0, 0.1) is 0 Å². The summed E-state index contributed by atoms with van der Waals surface area (Å²) >= 11 is 1.67. The Labute approximate surface area is 160 Å². The number of rotatable bonds is 7. The second kappa shape index (κ2) is 10.9. The summed E-state index contributed by atoms with van der Waals surface area (Å²) in [5.74, 6) is 0.877. The summed E-state index contributed by atoms with van der Waals surface area (Å²) in [7, 11) is 0. The largest absolute Gasteiger partial charge is 0.367 e. The number of aliphatic imine (C=N–C) groups is 1. The number of benzene rings is 1. The van der Waals surface area contributed by atoms with Crippen LogP contribution in [0.4, 0.5) is 0 Å². The van der Waals surface area contributed by atoms with Crippen molar-refractivity contribution in [2.75, 3.05) is 6.54 Å². The molecule has 6 heteroatoms. The molecule has 1 aromatic heterocycles. The minimum Gasteiger partial charge on any atom is -0.367 e. The molecule has 1 aromatic carbocycles. The molecule has 0 unspecified atom stereocenters. The van der Waals surface area contributed by atoms with Gasteiger partial charge in [0.15, 0.2) is 0 Å². The molecule has 0 fully saturated rings. The Balaban J connectivity index is 0.00000312. The number of nitrogens with zero attached hydrogens (tertiary/aromatic N) is 1. The Bertz CT molecular complexity index is 684. The van der Waals surface area contributed by atoms with Gasteiger partial charge < -0.3 is 10.6 Å². The average Bonchev–Trinajstić information content (AvgIpc) is 3.11. The molecule has 0 radical (unpaired) electrons. The van der Waals surface area contributed by atoms with Gasteiger partial charge in [-0.1, -0.05) is 25.1 Å². The van der Waals surface area contributed by atoms with E-state index in [1.54, 1.807) is 11.3 Å². The minimum atomic E-state index is -0.0264. The van der Waals surface area contributed by atoms with Gasteiger partial charge in [-0.05, 0) is 49.4 Å². The number of thiophene rings is 1. The summed E-state index contributed by atoms with van der Waals surface area (Å²) in [6.45, 7) is 7.48. The molecule has 25 heavy (non-hydrogen) atoms. The molecule has 0 saturated carbocycles. The zero-order chi connectivity index (χ0) is 17.4. The maximum Gasteiger partial charge on any atom is 0.251 e. The van der Waals surface area contributed by atoms with E-state index in [0.29, 0.717) is 24.7 Å². The molecule has 0 saturated heterocycles. The normalized spacial score (nSPS) is 11.1. The fourth-order valence-corrected chi connectivity index (χ4v) is 2.90. The van der Waals surface area contributed by atoms with Gasteiger partial charge in [0.1, 0.15) is 5.84 Å². The van der Waals surface area contributed by atoms with Crippen LogP contribution in [0.15, 0.2) is 46.8 Å². The Hall–Kier alpha value is -1.85. The molecular formula is C19H26ClN3OS. The third-order valence-corrected chi connectivity index (χ3v) is 4.20. The van der Waals surface area contributed by atoms with Crippen molar-refractivity contribution in [2.45, 2.75) is 39.8 Å². The van der Waals surface area contributed by atoms with Gasteiger partial charge in [-0.3, -0.25) is 9.79 Å². The van der Waals surface area contributed by atoms with Crippen LogP contribution in [0.3, 0.4) is 0 Å². The molecule has 0 atom stereocenters. The molecular weight excluding hydrogens is 354 g/mol. The quantitative estimate of drug-likeness (QED) is 0.558. The number of hydrogen-bond donors (Lipinski definition) is 2. The van der Waals surface area contributed by atoms with E-state index in [4.69, 9.17) is 4.99 Å². The SMILES string of the molecule is CCCNC(=O)c1cccc(CN=C(NC(C)C)c2cccs2)c1.Cl. The van der Waals surface area contributed by atoms with Crippen LogP contribution in [0.2, 0.25) is 0 Å². The third-order valence-electron chi connectivity index (χ3n) is 3.32. The van der Waals surface area contributed by atoms with E-state index in [0.717, 1.165) is 22.7 Å². The molecule has 0 aliphatic rings. The highest BCUT2D eigenvalue weighted by atomic mass is 35.5. The molecule has 2 aromatic rings. The van der Waals surface area contributed by atoms with Crippen molar-refractivity contribution in [3.63, 3.8) is 0 Å². The van der Waals surface area contributed by atoms with Gasteiger partial charge in [0.05, 0.1) is 11.4 Å². The van der Waals surface area contributed by atoms with Crippen molar-refractivity contribution in [1.82, 2.24) is 10.6 Å². The lowest BCUT2D eigenvalue weighted by Crippen LogP contribution is -2.30. The summed E-state index contributed by atoms with van der Waals surface area (Å²) in [6, 6.07) is 12.1. The first-order valence-corrected chi connectivity index (χ1v) is 9.20. The standard InChI is InChI=1S/C19H25N3OS.ClH/c1-4-10-20-19(23)16-8-5-7-15(12-16)13-21-18(22-14(2)3)17-9-6-11-24-17;/h5-9,11-12,14H,4,10,13H2,1-3H3,(H,20,23)(H,21,22);1H. The topological polar surface area (TPSA) is 53.5 Å². The van der Waals surface area contributed by atoms with Gasteiger partial charge in [-0.25, -0.2) is 0 Å². The fraction of sp³-hybridized carbons (Fsp3) is 0.368. The van der Waals surface area contributed by atoms with Gasteiger partial charge in [-0.15, -0.1) is 23.7 Å². The molecule has 0 bridgehead atoms. The van der Waals surface area contributed by atoms with E-state index in [2.05, 4.69) is 30.5 Å². The lowest BCUT2D eigenvalue weighted by molar-refractivity contribution is 0.0953. The second-order valence-corrected chi connectivity index (χ2v) is 6.85. The maximum absolute atomic E-state index is 12.1. The lowest BCUT2D eigenvalue weighted by atomic mass is 10.1. The Kier molecular flexibility index (Phi) is 9.24. The van der Waals surface area contributed by atoms with Crippen molar-refractivity contribution < 1.29 is 4.79 Å². The van der Waals surface area contributed by atoms with Crippen LogP contribution in [0.1, 0.15) is 48.0 Å². The Morgan fingerprint density at radius 3 is 2.68 bits per heavy atom. The summed E-state index contributed by atoms with van der Waals surface area (Å²) in [4.78, 5) is 17.9. The lowest BCUT2D eigenvalue weighted by Gasteiger charge is -2.12. The predicted molar refractivity (Wildman–Crippen MR) is 109 cm³/mol. The molecule has 1 heterocycles. The highest BCUT2D eigenvalue weighted by Gasteiger charge is 2.08. The van der Waals surface area contributed by atoms with E-state index in [1.165, 1.54) is 0 Å². The van der Waals surface area contributed by atoms with Crippen LogP contribution in [-0.2, 0) is 6.54 Å². The predicted octanol–water partition coefficient (Wildman–Crippen LogP) is 4.25. The van der Waals surface area contributed by atoms with Crippen molar-refractivity contribution in [3.8, 4) is 0 Å². The minimum absolute atomic E-state index is 0. The highest BCUT2D eigenvalue weighted by molar-refractivity contribution is 7.12. The van der Waals surface area contributed by atoms with E-state index in [9.17, 15) is 4.79 Å². The average molecular weight is 380 g/mol. The Morgan fingerprint density at radius 1 is 1.24 bits per heavy atom. The number of hydrogen-bond acceptors (Lipinski definition) is 3. The molecule has 0 aliphatic carbocycles. The number of carbonyl (C=O) groups excluding carboxylic acids is 1. The molecule has 4 nitrogen and oxygen atoms in total. The van der Waals surface area contributed by atoms with Gasteiger partial charge in [-0.2, -0.15) is 0 Å². The smallest absolute Gasteiger partial charge is 0.251 e. The summed E-state index contributed by atoms with van der Waals surface area (Å²) < 4.78 is 0. The van der Waals surface area contributed by atoms with Crippen LogP contribution < -0.4 is 10.6 Å². The first-order chi connectivity index (χ1) is 11.6. The summed E-state index contributed by atoms with van der Waals surface area (Å²) in [5.41, 5.74) is 1.71.